The van der Waals surface area contributed by atoms with E-state index in [0.29, 0.717) is 30.3 Å². The Morgan fingerprint density at radius 1 is 1.26 bits per heavy atom. The molecule has 3 fully saturated rings. The highest BCUT2D eigenvalue weighted by molar-refractivity contribution is 5.85. The average Bonchev–Trinajstić information content (AvgIpc) is 2.87. The van der Waals surface area contributed by atoms with E-state index in [1.165, 1.54) is 19.3 Å². The normalized spacial score (nSPS) is 30.1. The lowest BCUT2D eigenvalue weighted by Gasteiger charge is -2.26. The first-order chi connectivity index (χ1) is 8.83. The first-order valence-corrected chi connectivity index (χ1v) is 7.43. The summed E-state index contributed by atoms with van der Waals surface area (Å²) in [5.74, 6) is 0.940. The number of amides is 1. The molecule has 0 spiro atoms. The minimum atomic E-state index is 0. The van der Waals surface area contributed by atoms with Gasteiger partial charge in [-0.3, -0.25) is 4.79 Å². The largest absolute Gasteiger partial charge is 0.381 e. The molecule has 110 valence electrons. The van der Waals surface area contributed by atoms with E-state index in [1.54, 1.807) is 0 Å². The van der Waals surface area contributed by atoms with Gasteiger partial charge in [0.25, 0.3) is 0 Å². The van der Waals surface area contributed by atoms with E-state index in [1.807, 2.05) is 0 Å². The highest BCUT2D eigenvalue weighted by atomic mass is 35.5. The molecule has 0 aromatic rings. The summed E-state index contributed by atoms with van der Waals surface area (Å²) in [5, 5.41) is 3.42. The van der Waals surface area contributed by atoms with E-state index in [-0.39, 0.29) is 12.4 Å². The molecule has 2 atom stereocenters. The van der Waals surface area contributed by atoms with Crippen LogP contribution in [0.1, 0.15) is 38.5 Å². The van der Waals surface area contributed by atoms with Crippen LogP contribution < -0.4 is 5.32 Å². The number of rotatable bonds is 5. The Labute approximate surface area is 121 Å². The molecule has 1 amide bonds. The van der Waals surface area contributed by atoms with Gasteiger partial charge in [-0.05, 0) is 38.6 Å². The zero-order valence-electron chi connectivity index (χ0n) is 11.5. The van der Waals surface area contributed by atoms with Crippen molar-refractivity contribution in [3.63, 3.8) is 0 Å². The first kappa shape index (κ1) is 15.1. The molecule has 2 unspecified atom stereocenters. The number of ether oxygens (including phenoxy) is 1. The van der Waals surface area contributed by atoms with E-state index in [4.69, 9.17) is 4.74 Å². The van der Waals surface area contributed by atoms with E-state index in [2.05, 4.69) is 10.2 Å². The Hall–Kier alpha value is -0.320. The number of hydrogen-bond acceptors (Lipinski definition) is 3. The number of nitrogens with zero attached hydrogens (tertiary/aromatic N) is 1. The third kappa shape index (κ3) is 4.07. The second kappa shape index (κ2) is 6.91. The summed E-state index contributed by atoms with van der Waals surface area (Å²) in [6, 6.07) is 0.970. The lowest BCUT2D eigenvalue weighted by atomic mass is 10.1. The SMILES string of the molecule is Cl.O=C(CC1CCCN1)N(CC1CCOC1)C1CC1. The molecule has 2 heterocycles. The topological polar surface area (TPSA) is 41.6 Å². The Kier molecular flexibility index (Phi) is 5.48. The van der Waals surface area contributed by atoms with Crippen LogP contribution in [0.2, 0.25) is 0 Å². The van der Waals surface area contributed by atoms with E-state index in [9.17, 15) is 4.79 Å². The van der Waals surface area contributed by atoms with Crippen LogP contribution in [-0.4, -0.2) is 49.2 Å². The maximum Gasteiger partial charge on any atom is 0.224 e. The van der Waals surface area contributed by atoms with Crippen LogP contribution in [0.15, 0.2) is 0 Å². The van der Waals surface area contributed by atoms with Crippen molar-refractivity contribution in [3.8, 4) is 0 Å². The number of carbonyl (C=O) groups excluding carboxylic acids is 1. The van der Waals surface area contributed by atoms with Crippen LogP contribution in [-0.2, 0) is 9.53 Å². The molecule has 1 N–H and O–H groups in total. The molecule has 1 aliphatic carbocycles. The summed E-state index contributed by atoms with van der Waals surface area (Å²) >= 11 is 0. The Balaban J connectivity index is 0.00000133. The maximum atomic E-state index is 12.4. The van der Waals surface area contributed by atoms with Crippen molar-refractivity contribution in [2.75, 3.05) is 26.3 Å². The zero-order chi connectivity index (χ0) is 12.4. The van der Waals surface area contributed by atoms with Gasteiger partial charge in [0.15, 0.2) is 0 Å². The molecule has 2 aliphatic heterocycles. The van der Waals surface area contributed by atoms with Crippen LogP contribution >= 0.6 is 12.4 Å². The minimum Gasteiger partial charge on any atom is -0.381 e. The predicted octanol–water partition coefficient (Wildman–Crippen LogP) is 1.58. The monoisotopic (exact) mass is 288 g/mol. The third-order valence-corrected chi connectivity index (χ3v) is 4.37. The van der Waals surface area contributed by atoms with Gasteiger partial charge < -0.3 is 15.0 Å². The molecule has 5 heteroatoms. The molecule has 0 bridgehead atoms. The molecule has 0 aromatic heterocycles. The molecule has 3 aliphatic rings. The highest BCUT2D eigenvalue weighted by Gasteiger charge is 2.35. The van der Waals surface area contributed by atoms with Gasteiger partial charge in [-0.1, -0.05) is 0 Å². The molecule has 0 radical (unpaired) electrons. The quantitative estimate of drug-likeness (QED) is 0.835. The van der Waals surface area contributed by atoms with Gasteiger partial charge in [0.2, 0.25) is 5.91 Å². The number of carbonyl (C=O) groups is 1. The predicted molar refractivity (Wildman–Crippen MR) is 76.6 cm³/mol. The van der Waals surface area contributed by atoms with E-state index in [0.717, 1.165) is 39.1 Å². The van der Waals surface area contributed by atoms with Crippen LogP contribution in [0.25, 0.3) is 0 Å². The van der Waals surface area contributed by atoms with Crippen LogP contribution in [0.5, 0.6) is 0 Å². The molecule has 19 heavy (non-hydrogen) atoms. The first-order valence-electron chi connectivity index (χ1n) is 7.43. The van der Waals surface area contributed by atoms with Crippen molar-refractivity contribution in [2.24, 2.45) is 5.92 Å². The van der Waals surface area contributed by atoms with Gasteiger partial charge in [-0.2, -0.15) is 0 Å². The van der Waals surface area contributed by atoms with Crippen molar-refractivity contribution < 1.29 is 9.53 Å². The molecular formula is C14H25ClN2O2. The lowest BCUT2D eigenvalue weighted by Crippen LogP contribution is -2.40. The van der Waals surface area contributed by atoms with Crippen LogP contribution in [0.4, 0.5) is 0 Å². The fourth-order valence-electron chi connectivity index (χ4n) is 3.11. The molecule has 3 rings (SSSR count). The van der Waals surface area contributed by atoms with Gasteiger partial charge in [0.1, 0.15) is 0 Å². The molecule has 4 nitrogen and oxygen atoms in total. The summed E-state index contributed by atoms with van der Waals surface area (Å²) in [4.78, 5) is 14.6. The second-order valence-electron chi connectivity index (χ2n) is 6.00. The molecule has 1 saturated carbocycles. The van der Waals surface area contributed by atoms with Gasteiger partial charge in [0.05, 0.1) is 6.61 Å². The van der Waals surface area contributed by atoms with Gasteiger partial charge >= 0.3 is 0 Å². The lowest BCUT2D eigenvalue weighted by molar-refractivity contribution is -0.132. The Morgan fingerprint density at radius 3 is 2.68 bits per heavy atom. The smallest absolute Gasteiger partial charge is 0.224 e. The van der Waals surface area contributed by atoms with Crippen molar-refractivity contribution in [1.29, 1.82) is 0 Å². The standard InChI is InChI=1S/C14H24N2O2.ClH/c17-14(8-12-2-1-6-15-12)16(13-3-4-13)9-11-5-7-18-10-11;/h11-13,15H,1-10H2;1H. The van der Waals surface area contributed by atoms with Crippen LogP contribution in [0.3, 0.4) is 0 Å². The molecule has 2 saturated heterocycles. The number of halogens is 1. The van der Waals surface area contributed by atoms with E-state index < -0.39 is 0 Å². The number of hydrogen-bond donors (Lipinski definition) is 1. The Morgan fingerprint density at radius 2 is 2.11 bits per heavy atom. The van der Waals surface area contributed by atoms with Crippen molar-refractivity contribution >= 4 is 18.3 Å². The maximum absolute atomic E-state index is 12.4. The fourth-order valence-corrected chi connectivity index (χ4v) is 3.11. The Bertz CT molecular complexity index is 298. The van der Waals surface area contributed by atoms with Crippen molar-refractivity contribution in [2.45, 2.75) is 50.6 Å². The van der Waals surface area contributed by atoms with Gasteiger partial charge in [-0.15, -0.1) is 12.4 Å². The number of nitrogens with one attached hydrogen (secondary N) is 1. The highest BCUT2D eigenvalue weighted by Crippen LogP contribution is 2.30. The van der Waals surface area contributed by atoms with Gasteiger partial charge in [0, 0.05) is 37.6 Å². The van der Waals surface area contributed by atoms with Gasteiger partial charge in [-0.25, -0.2) is 0 Å². The molecule has 0 aromatic carbocycles. The second-order valence-corrected chi connectivity index (χ2v) is 6.00. The van der Waals surface area contributed by atoms with Crippen molar-refractivity contribution in [3.05, 3.63) is 0 Å². The van der Waals surface area contributed by atoms with Crippen LogP contribution in [0, 0.1) is 5.92 Å². The summed E-state index contributed by atoms with van der Waals surface area (Å²) in [6.45, 7) is 3.73. The fraction of sp³-hybridized carbons (Fsp3) is 0.929. The third-order valence-electron chi connectivity index (χ3n) is 4.37. The zero-order valence-corrected chi connectivity index (χ0v) is 12.3. The summed E-state index contributed by atoms with van der Waals surface area (Å²) in [7, 11) is 0. The molecular weight excluding hydrogens is 264 g/mol. The van der Waals surface area contributed by atoms with E-state index >= 15 is 0 Å². The summed E-state index contributed by atoms with van der Waals surface area (Å²) < 4.78 is 5.42. The van der Waals surface area contributed by atoms with Crippen molar-refractivity contribution in [1.82, 2.24) is 10.2 Å². The minimum absolute atomic E-state index is 0. The summed E-state index contributed by atoms with van der Waals surface area (Å²) in [5.41, 5.74) is 0. The average molecular weight is 289 g/mol. The summed E-state index contributed by atoms with van der Waals surface area (Å²) in [6.07, 6.45) is 6.62.